The second kappa shape index (κ2) is 12.5. The number of hydrogen-bond donors (Lipinski definition) is 1. The van der Waals surface area contributed by atoms with E-state index in [4.69, 9.17) is 4.74 Å². The summed E-state index contributed by atoms with van der Waals surface area (Å²) in [6.07, 6.45) is 4.77. The molecule has 1 aliphatic heterocycles. The van der Waals surface area contributed by atoms with Crippen molar-refractivity contribution in [3.63, 3.8) is 0 Å². The SMILES string of the molecule is C[C@H]1CN([C@@H](C)CO)C(=O)c2cc(C#CCN(C)C)cnc2O[C@H]1CN(C)C(=O)Cc1cccnc1. The van der Waals surface area contributed by atoms with Gasteiger partial charge in [0, 0.05) is 43.7 Å². The second-order valence-corrected chi connectivity index (χ2v) is 9.55. The van der Waals surface area contributed by atoms with Crippen molar-refractivity contribution in [2.45, 2.75) is 32.4 Å². The number of aliphatic hydroxyl groups is 1. The van der Waals surface area contributed by atoms with Gasteiger partial charge in [-0.2, -0.15) is 0 Å². The van der Waals surface area contributed by atoms with Crippen molar-refractivity contribution < 1.29 is 19.4 Å². The molecule has 3 atom stereocenters. The maximum atomic E-state index is 13.5. The third-order valence-corrected chi connectivity index (χ3v) is 6.11. The number of ether oxygens (including phenoxy) is 1. The molecule has 1 aliphatic rings. The van der Waals surface area contributed by atoms with E-state index in [1.54, 1.807) is 54.5 Å². The fourth-order valence-electron chi connectivity index (χ4n) is 3.87. The summed E-state index contributed by atoms with van der Waals surface area (Å²) >= 11 is 0. The van der Waals surface area contributed by atoms with Crippen LogP contribution in [0.15, 0.2) is 36.8 Å². The molecule has 0 aliphatic carbocycles. The van der Waals surface area contributed by atoms with Crippen LogP contribution in [0.2, 0.25) is 0 Å². The Morgan fingerprint density at radius 1 is 1.33 bits per heavy atom. The maximum absolute atomic E-state index is 13.5. The Labute approximate surface area is 213 Å². The fraction of sp³-hybridized carbons (Fsp3) is 0.481. The maximum Gasteiger partial charge on any atom is 0.259 e. The summed E-state index contributed by atoms with van der Waals surface area (Å²) in [5, 5.41) is 9.82. The summed E-state index contributed by atoms with van der Waals surface area (Å²) in [6, 6.07) is 4.97. The highest BCUT2D eigenvalue weighted by atomic mass is 16.5. The molecule has 0 saturated heterocycles. The molecule has 0 aromatic carbocycles. The molecule has 0 bridgehead atoms. The van der Waals surface area contributed by atoms with Crippen LogP contribution in [0.3, 0.4) is 0 Å². The quantitative estimate of drug-likeness (QED) is 0.581. The van der Waals surface area contributed by atoms with E-state index in [9.17, 15) is 14.7 Å². The van der Waals surface area contributed by atoms with Crippen LogP contribution in [0.4, 0.5) is 0 Å². The Bertz CT molecular complexity index is 1110. The number of aliphatic hydroxyl groups excluding tert-OH is 1. The molecule has 2 aromatic heterocycles. The molecule has 2 amide bonds. The lowest BCUT2D eigenvalue weighted by Gasteiger charge is -2.37. The summed E-state index contributed by atoms with van der Waals surface area (Å²) in [7, 11) is 5.60. The lowest BCUT2D eigenvalue weighted by Crippen LogP contribution is -2.50. The van der Waals surface area contributed by atoms with Gasteiger partial charge in [-0.3, -0.25) is 19.5 Å². The van der Waals surface area contributed by atoms with Gasteiger partial charge < -0.3 is 19.6 Å². The average Bonchev–Trinajstić information content (AvgIpc) is 2.86. The second-order valence-electron chi connectivity index (χ2n) is 9.55. The van der Waals surface area contributed by atoms with Gasteiger partial charge in [-0.15, -0.1) is 0 Å². The molecule has 0 radical (unpaired) electrons. The number of hydrogen-bond acceptors (Lipinski definition) is 7. The van der Waals surface area contributed by atoms with Crippen molar-refractivity contribution in [1.82, 2.24) is 24.7 Å². The third kappa shape index (κ3) is 7.03. The van der Waals surface area contributed by atoms with Crippen LogP contribution in [0.5, 0.6) is 5.88 Å². The molecule has 3 rings (SSSR count). The monoisotopic (exact) mass is 493 g/mol. The van der Waals surface area contributed by atoms with E-state index >= 15 is 0 Å². The molecule has 0 unspecified atom stereocenters. The molecule has 1 N–H and O–H groups in total. The van der Waals surface area contributed by atoms with Crippen LogP contribution in [0, 0.1) is 17.8 Å². The van der Waals surface area contributed by atoms with E-state index in [1.807, 2.05) is 32.0 Å². The third-order valence-electron chi connectivity index (χ3n) is 6.11. The summed E-state index contributed by atoms with van der Waals surface area (Å²) in [6.45, 7) is 4.87. The molecule has 0 fully saturated rings. The lowest BCUT2D eigenvalue weighted by atomic mass is 9.99. The predicted octanol–water partition coefficient (Wildman–Crippen LogP) is 1.31. The number of carbonyl (C=O) groups excluding carboxylic acids is 2. The van der Waals surface area contributed by atoms with E-state index in [2.05, 4.69) is 21.8 Å². The molecule has 9 heteroatoms. The van der Waals surface area contributed by atoms with E-state index in [-0.39, 0.29) is 42.7 Å². The normalized spacial score (nSPS) is 18.3. The van der Waals surface area contributed by atoms with Crippen LogP contribution < -0.4 is 4.74 Å². The number of carbonyl (C=O) groups is 2. The molecule has 192 valence electrons. The van der Waals surface area contributed by atoms with Gasteiger partial charge >= 0.3 is 0 Å². The van der Waals surface area contributed by atoms with E-state index in [0.717, 1.165) is 5.56 Å². The zero-order chi connectivity index (χ0) is 26.2. The highest BCUT2D eigenvalue weighted by Gasteiger charge is 2.34. The van der Waals surface area contributed by atoms with Crippen molar-refractivity contribution in [2.24, 2.45) is 5.92 Å². The van der Waals surface area contributed by atoms with Crippen molar-refractivity contribution in [3.8, 4) is 17.7 Å². The summed E-state index contributed by atoms with van der Waals surface area (Å²) in [5.41, 5.74) is 1.75. The molecule has 2 aromatic rings. The van der Waals surface area contributed by atoms with E-state index < -0.39 is 6.10 Å². The number of nitrogens with zero attached hydrogens (tertiary/aromatic N) is 5. The molecule has 9 nitrogen and oxygen atoms in total. The molecule has 3 heterocycles. The number of aromatic nitrogens is 2. The van der Waals surface area contributed by atoms with Gasteiger partial charge in [0.1, 0.15) is 11.7 Å². The minimum Gasteiger partial charge on any atom is -0.472 e. The highest BCUT2D eigenvalue weighted by Crippen LogP contribution is 2.27. The zero-order valence-corrected chi connectivity index (χ0v) is 21.6. The molecular formula is C27H35N5O4. The first-order valence-electron chi connectivity index (χ1n) is 12.0. The van der Waals surface area contributed by atoms with Gasteiger partial charge in [-0.05, 0) is 38.7 Å². The molecule has 36 heavy (non-hydrogen) atoms. The van der Waals surface area contributed by atoms with Gasteiger partial charge in [0.05, 0.1) is 32.2 Å². The number of rotatable bonds is 7. The van der Waals surface area contributed by atoms with Gasteiger partial charge in [0.25, 0.3) is 5.91 Å². The smallest absolute Gasteiger partial charge is 0.259 e. The zero-order valence-electron chi connectivity index (χ0n) is 21.6. The Morgan fingerprint density at radius 2 is 2.11 bits per heavy atom. The number of fused-ring (bicyclic) bond motifs is 1. The lowest BCUT2D eigenvalue weighted by molar-refractivity contribution is -0.130. The highest BCUT2D eigenvalue weighted by molar-refractivity contribution is 5.97. The Kier molecular flexibility index (Phi) is 9.39. The standard InChI is InChI=1S/C27H35N5O4/c1-19-16-32(20(2)18-33)27(35)23-12-21(9-7-11-30(3)4)15-29-26(23)36-24(19)17-31(5)25(34)13-22-8-6-10-28-14-22/h6,8,10,12,14-15,19-20,24,33H,11,13,16-18H2,1-5H3/t19-,20-,24-/m0/s1. The molecule has 0 spiro atoms. The average molecular weight is 494 g/mol. The first-order chi connectivity index (χ1) is 17.2. The summed E-state index contributed by atoms with van der Waals surface area (Å²) in [4.78, 5) is 40.1. The topological polar surface area (TPSA) is 99.1 Å². The summed E-state index contributed by atoms with van der Waals surface area (Å²) in [5.74, 6) is 5.86. The van der Waals surface area contributed by atoms with Crippen LogP contribution in [0.1, 0.15) is 35.3 Å². The number of pyridine rings is 2. The van der Waals surface area contributed by atoms with Gasteiger partial charge in [0.2, 0.25) is 11.8 Å². The Hall–Kier alpha value is -3.48. The van der Waals surface area contributed by atoms with Crippen LogP contribution in [0.25, 0.3) is 0 Å². The number of amides is 2. The minimum absolute atomic E-state index is 0.0581. The fourth-order valence-corrected chi connectivity index (χ4v) is 3.87. The van der Waals surface area contributed by atoms with Crippen LogP contribution in [-0.4, -0.2) is 101 Å². The van der Waals surface area contributed by atoms with E-state index in [1.165, 1.54) is 0 Å². The van der Waals surface area contributed by atoms with Gasteiger partial charge in [-0.1, -0.05) is 24.8 Å². The van der Waals surface area contributed by atoms with Crippen molar-refractivity contribution >= 4 is 11.8 Å². The Morgan fingerprint density at radius 3 is 2.78 bits per heavy atom. The first-order valence-corrected chi connectivity index (χ1v) is 12.0. The van der Waals surface area contributed by atoms with Crippen LogP contribution >= 0.6 is 0 Å². The Balaban J connectivity index is 1.87. The van der Waals surface area contributed by atoms with Crippen LogP contribution in [-0.2, 0) is 11.2 Å². The largest absolute Gasteiger partial charge is 0.472 e. The predicted molar refractivity (Wildman–Crippen MR) is 136 cm³/mol. The van der Waals surface area contributed by atoms with Gasteiger partial charge in [-0.25, -0.2) is 4.98 Å². The molecular weight excluding hydrogens is 458 g/mol. The summed E-state index contributed by atoms with van der Waals surface area (Å²) < 4.78 is 6.27. The van der Waals surface area contributed by atoms with Crippen molar-refractivity contribution in [3.05, 3.63) is 53.5 Å². The van der Waals surface area contributed by atoms with Crippen molar-refractivity contribution in [2.75, 3.05) is 47.4 Å². The first kappa shape index (κ1) is 27.1. The van der Waals surface area contributed by atoms with Crippen molar-refractivity contribution in [1.29, 1.82) is 0 Å². The van der Waals surface area contributed by atoms with E-state index in [0.29, 0.717) is 30.8 Å². The van der Waals surface area contributed by atoms with Gasteiger partial charge in [0.15, 0.2) is 0 Å². The number of likely N-dealkylation sites (N-methyl/N-ethyl adjacent to an activating group) is 1. The molecule has 0 saturated carbocycles. The minimum atomic E-state index is -0.411.